The summed E-state index contributed by atoms with van der Waals surface area (Å²) in [5.74, 6) is -3.25. The highest BCUT2D eigenvalue weighted by molar-refractivity contribution is 5.75. The van der Waals surface area contributed by atoms with Crippen molar-refractivity contribution in [3.63, 3.8) is 0 Å². The van der Waals surface area contributed by atoms with Crippen LogP contribution in [-0.2, 0) is 17.6 Å². The molecule has 202 valence electrons. The number of unbranched alkanes of at least 4 members (excludes halogenated alkanes) is 2. The molecule has 0 heterocycles. The molecule has 5 heteroatoms. The van der Waals surface area contributed by atoms with Crippen LogP contribution in [0.2, 0.25) is 0 Å². The lowest BCUT2D eigenvalue weighted by Crippen LogP contribution is -2.25. The summed E-state index contributed by atoms with van der Waals surface area (Å²) in [6.07, 6.45) is 8.02. The van der Waals surface area contributed by atoms with Crippen molar-refractivity contribution in [3.8, 4) is 16.9 Å². The zero-order chi connectivity index (χ0) is 27.1. The average Bonchev–Trinajstić information content (AvgIpc) is 2.93. The van der Waals surface area contributed by atoms with Crippen molar-refractivity contribution in [3.05, 3.63) is 88.7 Å². The molecule has 0 saturated heterocycles. The molecule has 0 bridgehead atoms. The Morgan fingerprint density at radius 1 is 0.789 bits per heavy atom. The third-order valence-electron chi connectivity index (χ3n) is 7.69. The summed E-state index contributed by atoms with van der Waals surface area (Å²) in [4.78, 5) is 12.7. The molecule has 38 heavy (non-hydrogen) atoms. The number of carbonyl (C=O) groups excluding carboxylic acids is 1. The predicted octanol–water partition coefficient (Wildman–Crippen LogP) is 9.34. The first-order chi connectivity index (χ1) is 18.4. The van der Waals surface area contributed by atoms with E-state index in [1.165, 1.54) is 17.7 Å². The van der Waals surface area contributed by atoms with E-state index in [1.54, 1.807) is 18.2 Å². The second-order valence-electron chi connectivity index (χ2n) is 10.5. The van der Waals surface area contributed by atoms with Gasteiger partial charge in [-0.15, -0.1) is 0 Å². The van der Waals surface area contributed by atoms with Crippen molar-refractivity contribution in [2.45, 2.75) is 84.0 Å². The van der Waals surface area contributed by atoms with Crippen molar-refractivity contribution in [1.29, 1.82) is 0 Å². The average molecular weight is 523 g/mol. The lowest BCUT2D eigenvalue weighted by atomic mass is 9.78. The Hall–Kier alpha value is -3.08. The predicted molar refractivity (Wildman–Crippen MR) is 146 cm³/mol. The van der Waals surface area contributed by atoms with E-state index in [1.807, 2.05) is 24.3 Å². The van der Waals surface area contributed by atoms with Gasteiger partial charge in [-0.1, -0.05) is 75.6 Å². The molecule has 0 aliphatic heterocycles. The van der Waals surface area contributed by atoms with Gasteiger partial charge in [0.05, 0.1) is 5.92 Å². The number of hydrogen-bond acceptors (Lipinski definition) is 2. The summed E-state index contributed by atoms with van der Waals surface area (Å²) >= 11 is 0. The van der Waals surface area contributed by atoms with Crippen LogP contribution in [0.15, 0.2) is 54.6 Å². The first-order valence-electron chi connectivity index (χ1n) is 14.0. The van der Waals surface area contributed by atoms with Gasteiger partial charge < -0.3 is 4.74 Å². The minimum Gasteiger partial charge on any atom is -0.423 e. The normalized spacial score (nSPS) is 17.4. The van der Waals surface area contributed by atoms with E-state index in [9.17, 15) is 9.18 Å². The van der Waals surface area contributed by atoms with Crippen molar-refractivity contribution in [2.75, 3.05) is 0 Å². The summed E-state index contributed by atoms with van der Waals surface area (Å²) < 4.78 is 50.1. The van der Waals surface area contributed by atoms with Gasteiger partial charge in [0.2, 0.25) is 0 Å². The van der Waals surface area contributed by atoms with Gasteiger partial charge in [-0.05, 0) is 85.3 Å². The highest BCUT2D eigenvalue weighted by Crippen LogP contribution is 2.39. The summed E-state index contributed by atoms with van der Waals surface area (Å²) in [6.45, 7) is 4.22. The quantitative estimate of drug-likeness (QED) is 0.151. The number of esters is 1. The van der Waals surface area contributed by atoms with Gasteiger partial charge in [-0.3, -0.25) is 4.79 Å². The maximum Gasteiger partial charge on any atom is 0.314 e. The summed E-state index contributed by atoms with van der Waals surface area (Å²) in [5, 5.41) is 0. The number of rotatable bonds is 10. The molecule has 4 rings (SSSR count). The lowest BCUT2D eigenvalue weighted by Gasteiger charge is -2.28. The Morgan fingerprint density at radius 3 is 2.16 bits per heavy atom. The van der Waals surface area contributed by atoms with E-state index in [4.69, 9.17) is 4.74 Å². The van der Waals surface area contributed by atoms with Gasteiger partial charge >= 0.3 is 5.97 Å². The van der Waals surface area contributed by atoms with Gasteiger partial charge in [0.1, 0.15) is 0 Å². The van der Waals surface area contributed by atoms with Crippen LogP contribution in [0.5, 0.6) is 5.75 Å². The molecule has 1 aliphatic carbocycles. The smallest absolute Gasteiger partial charge is 0.314 e. The van der Waals surface area contributed by atoms with Crippen LogP contribution in [0.25, 0.3) is 11.1 Å². The third-order valence-corrected chi connectivity index (χ3v) is 7.69. The molecule has 1 saturated carbocycles. The van der Waals surface area contributed by atoms with Gasteiger partial charge in [0, 0.05) is 5.56 Å². The maximum absolute atomic E-state index is 15.1. The Kier molecular flexibility index (Phi) is 9.65. The molecule has 0 aromatic heterocycles. The van der Waals surface area contributed by atoms with E-state index in [0.29, 0.717) is 36.8 Å². The van der Waals surface area contributed by atoms with Crippen molar-refractivity contribution in [1.82, 2.24) is 0 Å². The van der Waals surface area contributed by atoms with E-state index < -0.39 is 23.4 Å². The number of halogens is 3. The highest BCUT2D eigenvalue weighted by Gasteiger charge is 2.31. The van der Waals surface area contributed by atoms with E-state index in [0.717, 1.165) is 44.1 Å². The van der Waals surface area contributed by atoms with E-state index in [2.05, 4.69) is 13.8 Å². The second-order valence-corrected chi connectivity index (χ2v) is 10.5. The van der Waals surface area contributed by atoms with E-state index >= 15 is 8.78 Å². The number of carbonyl (C=O) groups is 1. The third kappa shape index (κ3) is 6.67. The second kappa shape index (κ2) is 13.1. The molecule has 0 radical (unpaired) electrons. The zero-order valence-electron chi connectivity index (χ0n) is 22.4. The fraction of sp³-hybridized carbons (Fsp3) is 0.424. The van der Waals surface area contributed by atoms with E-state index in [-0.39, 0.29) is 23.1 Å². The molecule has 3 aromatic rings. The Balaban J connectivity index is 1.36. The minimum absolute atomic E-state index is 0.0530. The molecule has 0 N–H and O–H groups in total. The van der Waals surface area contributed by atoms with Crippen molar-refractivity contribution in [2.24, 2.45) is 5.92 Å². The number of aryl methyl sites for hydroxylation is 2. The van der Waals surface area contributed by atoms with Crippen LogP contribution >= 0.6 is 0 Å². The molecule has 3 aromatic carbocycles. The zero-order valence-corrected chi connectivity index (χ0v) is 22.4. The first kappa shape index (κ1) is 27.9. The van der Waals surface area contributed by atoms with Crippen molar-refractivity contribution >= 4 is 5.97 Å². The van der Waals surface area contributed by atoms with Crippen LogP contribution in [0.1, 0.15) is 87.8 Å². The fourth-order valence-electron chi connectivity index (χ4n) is 5.44. The SMILES string of the molecule is CCCCCc1ccc(OC(=O)C2CCC(c3ccc(-c4ccc(CCC)cc4)c(F)c3F)CC2)c(F)c1. The lowest BCUT2D eigenvalue weighted by molar-refractivity contribution is -0.140. The molecule has 0 atom stereocenters. The largest absolute Gasteiger partial charge is 0.423 e. The topological polar surface area (TPSA) is 26.3 Å². The fourth-order valence-corrected chi connectivity index (χ4v) is 5.44. The van der Waals surface area contributed by atoms with Crippen LogP contribution in [-0.4, -0.2) is 5.97 Å². The van der Waals surface area contributed by atoms with Gasteiger partial charge in [-0.25, -0.2) is 13.2 Å². The molecule has 0 spiro atoms. The van der Waals surface area contributed by atoms with Crippen LogP contribution in [0.4, 0.5) is 13.2 Å². The number of ether oxygens (including phenoxy) is 1. The molecular weight excluding hydrogens is 485 g/mol. The molecular formula is C33H37F3O2. The summed E-state index contributed by atoms with van der Waals surface area (Å²) in [6, 6.07) is 15.7. The number of hydrogen-bond donors (Lipinski definition) is 0. The first-order valence-corrected chi connectivity index (χ1v) is 14.0. The standard InChI is InChI=1S/C33H37F3O2/c1-3-5-6-8-23-11-20-30(29(34)21-23)38-33(37)26-16-14-25(15-17-26)28-19-18-27(31(35)32(28)36)24-12-9-22(7-4-2)10-13-24/h9-13,18-21,25-26H,3-8,14-17H2,1-2H3. The van der Waals surface area contributed by atoms with Gasteiger partial charge in [-0.2, -0.15) is 0 Å². The Labute approximate surface area is 224 Å². The molecule has 1 fully saturated rings. The molecule has 1 aliphatic rings. The van der Waals surface area contributed by atoms with Crippen LogP contribution in [0.3, 0.4) is 0 Å². The summed E-state index contributed by atoms with van der Waals surface area (Å²) in [5.41, 5.74) is 3.33. The van der Waals surface area contributed by atoms with Crippen LogP contribution in [0, 0.1) is 23.4 Å². The van der Waals surface area contributed by atoms with Crippen molar-refractivity contribution < 1.29 is 22.7 Å². The van der Waals surface area contributed by atoms with Crippen LogP contribution < -0.4 is 4.74 Å². The summed E-state index contributed by atoms with van der Waals surface area (Å²) in [7, 11) is 0. The number of benzene rings is 3. The Morgan fingerprint density at radius 2 is 1.50 bits per heavy atom. The molecule has 2 nitrogen and oxygen atoms in total. The minimum atomic E-state index is -0.833. The monoisotopic (exact) mass is 522 g/mol. The van der Waals surface area contributed by atoms with Gasteiger partial charge in [0.15, 0.2) is 23.2 Å². The molecule has 0 unspecified atom stereocenters. The van der Waals surface area contributed by atoms with Gasteiger partial charge in [0.25, 0.3) is 0 Å². The highest BCUT2D eigenvalue weighted by atomic mass is 19.2. The maximum atomic E-state index is 15.1. The molecule has 0 amide bonds. The Bertz CT molecular complexity index is 1230.